The second kappa shape index (κ2) is 10.6. The van der Waals surface area contributed by atoms with Crippen molar-refractivity contribution in [3.63, 3.8) is 0 Å². The highest BCUT2D eigenvalue weighted by molar-refractivity contribution is 8.30. The Kier molecular flexibility index (Phi) is 7.16. The summed E-state index contributed by atoms with van der Waals surface area (Å²) < 4.78 is 7.13. The van der Waals surface area contributed by atoms with Crippen LogP contribution in [0, 0.1) is 23.2 Å². The molecule has 3 aromatic rings. The minimum absolute atomic E-state index is 0.0609. The van der Waals surface area contributed by atoms with Gasteiger partial charge in [0.15, 0.2) is 0 Å². The molecule has 4 aliphatic rings. The summed E-state index contributed by atoms with van der Waals surface area (Å²) in [6, 6.07) is 28.5. The maximum Gasteiger partial charge on any atom is 0.323 e. The van der Waals surface area contributed by atoms with Crippen LogP contribution in [-0.2, 0) is 21.8 Å². The average Bonchev–Trinajstić information content (AvgIpc) is 2.93. The number of hydrogen-bond acceptors (Lipinski definition) is 2. The molecule has 0 radical (unpaired) electrons. The molecule has 0 heterocycles. The van der Waals surface area contributed by atoms with Gasteiger partial charge in [-0.25, -0.2) is 0 Å². The SMILES string of the molecule is CCCc1ccc(S(OC(=O)C23CC4CC(CC(C4)C2)C3)(c2ccccc2)c2ccc(CCC)cc2)cc1. The van der Waals surface area contributed by atoms with Crippen LogP contribution in [0.5, 0.6) is 0 Å². The lowest BCUT2D eigenvalue weighted by molar-refractivity contribution is -0.160. The van der Waals surface area contributed by atoms with E-state index in [2.05, 4.69) is 92.7 Å². The fraction of sp³-hybridized carbons (Fsp3) is 0.457. The maximum absolute atomic E-state index is 14.6. The molecule has 0 atom stereocenters. The first-order valence-electron chi connectivity index (χ1n) is 14.8. The number of carbonyl (C=O) groups excluding carboxylic acids is 1. The fourth-order valence-electron chi connectivity index (χ4n) is 8.00. The Bertz CT molecular complexity index is 1160. The van der Waals surface area contributed by atoms with Crippen LogP contribution in [0.2, 0.25) is 0 Å². The first-order chi connectivity index (χ1) is 18.5. The van der Waals surface area contributed by atoms with Crippen molar-refractivity contribution in [3.8, 4) is 0 Å². The second-order valence-electron chi connectivity index (χ2n) is 12.2. The lowest BCUT2D eigenvalue weighted by atomic mass is 9.49. The highest BCUT2D eigenvalue weighted by atomic mass is 32.3. The molecule has 3 aromatic carbocycles. The van der Waals surface area contributed by atoms with Crippen LogP contribution >= 0.6 is 10.3 Å². The third-order valence-corrected chi connectivity index (χ3v) is 12.5. The first-order valence-corrected chi connectivity index (χ1v) is 16.4. The van der Waals surface area contributed by atoms with Gasteiger partial charge in [0.05, 0.1) is 5.41 Å². The van der Waals surface area contributed by atoms with Gasteiger partial charge >= 0.3 is 5.97 Å². The Labute approximate surface area is 230 Å². The van der Waals surface area contributed by atoms with Gasteiger partial charge in [-0.15, -0.1) is 0 Å². The van der Waals surface area contributed by atoms with Crippen molar-refractivity contribution in [2.45, 2.75) is 92.7 Å². The van der Waals surface area contributed by atoms with E-state index in [1.165, 1.54) is 30.4 Å². The molecule has 200 valence electrons. The quantitative estimate of drug-likeness (QED) is 0.277. The Balaban J connectivity index is 1.48. The molecule has 0 unspecified atom stereocenters. The smallest absolute Gasteiger partial charge is 0.323 e. The van der Waals surface area contributed by atoms with Gasteiger partial charge in [0.1, 0.15) is 0 Å². The van der Waals surface area contributed by atoms with Crippen molar-refractivity contribution in [1.82, 2.24) is 0 Å². The molecule has 0 aliphatic heterocycles. The lowest BCUT2D eigenvalue weighted by Gasteiger charge is -2.56. The molecule has 0 spiro atoms. The molecule has 4 bridgehead atoms. The van der Waals surface area contributed by atoms with Crippen LogP contribution in [-0.4, -0.2) is 5.97 Å². The van der Waals surface area contributed by atoms with Crippen LogP contribution in [0.25, 0.3) is 0 Å². The zero-order valence-electron chi connectivity index (χ0n) is 23.0. The molecule has 0 amide bonds. The van der Waals surface area contributed by atoms with Crippen LogP contribution in [0.1, 0.15) is 76.3 Å². The van der Waals surface area contributed by atoms with Gasteiger partial charge in [0.25, 0.3) is 0 Å². The maximum atomic E-state index is 14.6. The molecular weight excluding hydrogens is 484 g/mol. The Morgan fingerprint density at radius 2 is 1.11 bits per heavy atom. The van der Waals surface area contributed by atoms with E-state index in [4.69, 9.17) is 4.18 Å². The monoisotopic (exact) mass is 526 g/mol. The van der Waals surface area contributed by atoms with Gasteiger partial charge in [-0.3, -0.25) is 4.79 Å². The van der Waals surface area contributed by atoms with E-state index >= 15 is 0 Å². The van der Waals surface area contributed by atoms with Gasteiger partial charge in [-0.2, -0.15) is 0 Å². The van der Waals surface area contributed by atoms with E-state index < -0.39 is 10.3 Å². The number of hydrogen-bond donors (Lipinski definition) is 0. The van der Waals surface area contributed by atoms with Crippen LogP contribution in [0.3, 0.4) is 0 Å². The summed E-state index contributed by atoms with van der Waals surface area (Å²) in [5.74, 6) is 2.18. The third-order valence-electron chi connectivity index (χ3n) is 9.33. The minimum atomic E-state index is -2.24. The van der Waals surface area contributed by atoms with Crippen LogP contribution < -0.4 is 0 Å². The van der Waals surface area contributed by atoms with Gasteiger partial charge < -0.3 is 4.18 Å². The van der Waals surface area contributed by atoms with Gasteiger partial charge in [-0.1, -0.05) is 69.2 Å². The summed E-state index contributed by atoms with van der Waals surface area (Å²) in [7, 11) is -2.24. The lowest BCUT2D eigenvalue weighted by Crippen LogP contribution is -2.50. The Hall–Kier alpha value is -2.52. The summed E-state index contributed by atoms with van der Waals surface area (Å²) in [6.07, 6.45) is 11.4. The standard InChI is InChI=1S/C35H42O2S/c1-3-8-26-12-16-32(17-13-26)38(31-10-6-5-7-11-31,33-18-14-27(9-4-2)15-19-33)37-34(36)35-23-28-20-29(24-35)22-30(21-28)25-35/h5-7,10-19,28-30H,3-4,8-9,20-25H2,1-2H3. The molecule has 3 heteroatoms. The fourth-order valence-corrected chi connectivity index (χ4v) is 11.1. The van der Waals surface area contributed by atoms with Crippen molar-refractivity contribution in [1.29, 1.82) is 0 Å². The number of carbonyl (C=O) groups is 1. The van der Waals surface area contributed by atoms with Crippen molar-refractivity contribution in [2.75, 3.05) is 0 Å². The summed E-state index contributed by atoms with van der Waals surface area (Å²) in [5.41, 5.74) is 2.37. The highest BCUT2D eigenvalue weighted by Crippen LogP contribution is 2.71. The van der Waals surface area contributed by atoms with Gasteiger partial charge in [0, 0.05) is 14.7 Å². The van der Waals surface area contributed by atoms with Gasteiger partial charge in [-0.05, 0) is 127 Å². The molecule has 38 heavy (non-hydrogen) atoms. The van der Waals surface area contributed by atoms with Crippen molar-refractivity contribution in [2.24, 2.45) is 23.2 Å². The predicted octanol–water partition coefficient (Wildman–Crippen LogP) is 9.55. The molecule has 0 N–H and O–H groups in total. The number of rotatable bonds is 9. The number of aryl methyl sites for hydroxylation is 2. The van der Waals surface area contributed by atoms with E-state index in [0.717, 1.165) is 59.6 Å². The highest BCUT2D eigenvalue weighted by Gasteiger charge is 2.57. The average molecular weight is 527 g/mol. The minimum Gasteiger partial charge on any atom is -0.402 e. The molecule has 4 fully saturated rings. The van der Waals surface area contributed by atoms with Crippen LogP contribution in [0.15, 0.2) is 93.5 Å². The predicted molar refractivity (Wildman–Crippen MR) is 156 cm³/mol. The van der Waals surface area contributed by atoms with E-state index in [1.54, 1.807) is 0 Å². The molecule has 4 saturated carbocycles. The summed E-state index contributed by atoms with van der Waals surface area (Å²) in [5, 5.41) is 0. The van der Waals surface area contributed by atoms with E-state index in [9.17, 15) is 4.79 Å². The number of benzene rings is 3. The summed E-state index contributed by atoms with van der Waals surface area (Å²) in [6.45, 7) is 4.44. The summed E-state index contributed by atoms with van der Waals surface area (Å²) >= 11 is 0. The third kappa shape index (κ3) is 4.62. The van der Waals surface area contributed by atoms with E-state index in [0.29, 0.717) is 17.8 Å². The second-order valence-corrected chi connectivity index (χ2v) is 14.9. The Morgan fingerprint density at radius 3 is 1.53 bits per heavy atom. The zero-order chi connectivity index (χ0) is 26.2. The first kappa shape index (κ1) is 25.7. The van der Waals surface area contributed by atoms with Gasteiger partial charge in [0.2, 0.25) is 0 Å². The topological polar surface area (TPSA) is 26.3 Å². The molecular formula is C35H42O2S. The van der Waals surface area contributed by atoms with Crippen molar-refractivity contribution < 1.29 is 8.98 Å². The molecule has 4 aliphatic carbocycles. The Morgan fingerprint density at radius 1 is 0.684 bits per heavy atom. The van der Waals surface area contributed by atoms with E-state index in [1.807, 2.05) is 0 Å². The molecule has 2 nitrogen and oxygen atoms in total. The molecule has 0 saturated heterocycles. The van der Waals surface area contributed by atoms with Crippen molar-refractivity contribution in [3.05, 3.63) is 90.0 Å². The van der Waals surface area contributed by atoms with Crippen molar-refractivity contribution >= 4 is 16.3 Å². The zero-order valence-corrected chi connectivity index (χ0v) is 23.8. The molecule has 7 rings (SSSR count). The normalized spacial score (nSPS) is 26.3. The largest absolute Gasteiger partial charge is 0.402 e. The molecule has 0 aromatic heterocycles. The van der Waals surface area contributed by atoms with E-state index in [-0.39, 0.29) is 11.4 Å². The van der Waals surface area contributed by atoms with Crippen LogP contribution in [0.4, 0.5) is 0 Å². The summed E-state index contributed by atoms with van der Waals surface area (Å²) in [4.78, 5) is 17.9.